The molecule has 3 rings (SSSR count). The lowest BCUT2D eigenvalue weighted by atomic mass is 10.1. The fourth-order valence-electron chi connectivity index (χ4n) is 2.59. The average molecular weight is 301 g/mol. The van der Waals surface area contributed by atoms with Gasteiger partial charge in [-0.25, -0.2) is 0 Å². The van der Waals surface area contributed by atoms with E-state index in [1.54, 1.807) is 0 Å². The summed E-state index contributed by atoms with van der Waals surface area (Å²) in [7, 11) is 0. The minimum absolute atomic E-state index is 0.495. The van der Waals surface area contributed by atoms with Crippen molar-refractivity contribution in [3.05, 3.63) is 47.6 Å². The van der Waals surface area contributed by atoms with Gasteiger partial charge in [-0.15, -0.1) is 0 Å². The predicted octanol–water partition coefficient (Wildman–Crippen LogP) is 2.72. The van der Waals surface area contributed by atoms with Crippen LogP contribution in [-0.2, 0) is 13.1 Å². The first-order valence-corrected chi connectivity index (χ1v) is 7.81. The van der Waals surface area contributed by atoms with Crippen molar-refractivity contribution in [2.75, 3.05) is 6.54 Å². The first kappa shape index (κ1) is 15.2. The lowest BCUT2D eigenvalue weighted by Crippen LogP contribution is -2.38. The van der Waals surface area contributed by atoms with Gasteiger partial charge in [-0.3, -0.25) is 4.90 Å². The van der Waals surface area contributed by atoms with Crippen LogP contribution >= 0.6 is 0 Å². The molecule has 1 heterocycles. The Kier molecular flexibility index (Phi) is 4.27. The van der Waals surface area contributed by atoms with Gasteiger partial charge in [0.15, 0.2) is 5.82 Å². The zero-order valence-electron chi connectivity index (χ0n) is 13.2. The molecule has 1 aromatic heterocycles. The van der Waals surface area contributed by atoms with E-state index in [0.29, 0.717) is 24.9 Å². The highest BCUT2D eigenvalue weighted by atomic mass is 16.5. The number of aliphatic hydroxyl groups is 1. The van der Waals surface area contributed by atoms with Crippen molar-refractivity contribution < 1.29 is 9.63 Å². The summed E-state index contributed by atoms with van der Waals surface area (Å²) in [6, 6.07) is 10.2. The lowest BCUT2D eigenvalue weighted by Gasteiger charge is -2.27. The Labute approximate surface area is 131 Å². The van der Waals surface area contributed by atoms with Gasteiger partial charge < -0.3 is 9.63 Å². The third kappa shape index (κ3) is 4.39. The Hall–Kier alpha value is -1.72. The molecular weight excluding hydrogens is 278 g/mol. The second-order valence-electron chi connectivity index (χ2n) is 6.76. The van der Waals surface area contributed by atoms with Crippen LogP contribution in [-0.4, -0.2) is 32.3 Å². The van der Waals surface area contributed by atoms with Gasteiger partial charge >= 0.3 is 0 Å². The highest BCUT2D eigenvalue weighted by Crippen LogP contribution is 2.38. The number of hydrogen-bond donors (Lipinski definition) is 1. The molecule has 0 atom stereocenters. The van der Waals surface area contributed by atoms with E-state index in [9.17, 15) is 5.11 Å². The van der Waals surface area contributed by atoms with Crippen LogP contribution in [0.15, 0.2) is 34.9 Å². The van der Waals surface area contributed by atoms with Gasteiger partial charge in [0.25, 0.3) is 0 Å². The molecule has 0 aliphatic heterocycles. The van der Waals surface area contributed by atoms with Gasteiger partial charge in [-0.2, -0.15) is 4.98 Å². The molecule has 0 bridgehead atoms. The molecule has 0 spiro atoms. The molecule has 1 aromatic carbocycles. The average Bonchev–Trinajstić information content (AvgIpc) is 3.19. The third-order valence-electron chi connectivity index (χ3n) is 3.64. The number of rotatable bonds is 7. The SMILES string of the molecule is CC(C)(O)CN(Cc1ccccc1)Cc1nc(C2CC2)no1. The van der Waals surface area contributed by atoms with E-state index >= 15 is 0 Å². The Balaban J connectivity index is 1.69. The summed E-state index contributed by atoms with van der Waals surface area (Å²) in [6.07, 6.45) is 2.33. The van der Waals surface area contributed by atoms with Crippen molar-refractivity contribution in [1.82, 2.24) is 15.0 Å². The van der Waals surface area contributed by atoms with Crippen LogP contribution in [0.5, 0.6) is 0 Å². The molecular formula is C17H23N3O2. The molecule has 0 saturated heterocycles. The molecule has 0 radical (unpaired) electrons. The molecule has 0 amide bonds. The maximum atomic E-state index is 10.1. The summed E-state index contributed by atoms with van der Waals surface area (Å²) in [5, 5.41) is 14.2. The van der Waals surface area contributed by atoms with E-state index in [2.05, 4.69) is 27.2 Å². The minimum Gasteiger partial charge on any atom is -0.389 e. The van der Waals surface area contributed by atoms with Gasteiger partial charge in [0.1, 0.15) is 0 Å². The van der Waals surface area contributed by atoms with Crippen LogP contribution < -0.4 is 0 Å². The van der Waals surface area contributed by atoms with E-state index < -0.39 is 5.60 Å². The summed E-state index contributed by atoms with van der Waals surface area (Å²) in [4.78, 5) is 6.62. The van der Waals surface area contributed by atoms with Crippen molar-refractivity contribution in [2.45, 2.75) is 51.3 Å². The Morgan fingerprint density at radius 3 is 2.59 bits per heavy atom. The van der Waals surface area contributed by atoms with Gasteiger partial charge in [-0.05, 0) is 32.3 Å². The summed E-state index contributed by atoms with van der Waals surface area (Å²) in [5.74, 6) is 1.95. The van der Waals surface area contributed by atoms with E-state index in [0.717, 1.165) is 25.2 Å². The molecule has 1 fully saturated rings. The van der Waals surface area contributed by atoms with Crippen molar-refractivity contribution in [1.29, 1.82) is 0 Å². The van der Waals surface area contributed by atoms with Crippen LogP contribution in [0.1, 0.15) is 49.9 Å². The van der Waals surface area contributed by atoms with Gasteiger partial charge in [0.05, 0.1) is 12.1 Å². The van der Waals surface area contributed by atoms with Crippen molar-refractivity contribution in [3.63, 3.8) is 0 Å². The van der Waals surface area contributed by atoms with Crippen molar-refractivity contribution >= 4 is 0 Å². The van der Waals surface area contributed by atoms with Crippen molar-refractivity contribution in [3.8, 4) is 0 Å². The van der Waals surface area contributed by atoms with Crippen LogP contribution in [0.4, 0.5) is 0 Å². The third-order valence-corrected chi connectivity index (χ3v) is 3.64. The van der Waals surface area contributed by atoms with Crippen molar-refractivity contribution in [2.24, 2.45) is 0 Å². The molecule has 118 valence electrons. The Bertz CT molecular complexity index is 600. The number of aromatic nitrogens is 2. The second kappa shape index (κ2) is 6.18. The van der Waals surface area contributed by atoms with E-state index in [-0.39, 0.29) is 0 Å². The topological polar surface area (TPSA) is 62.4 Å². The standard InChI is InChI=1S/C17H23N3O2/c1-17(2,21)12-20(10-13-6-4-3-5-7-13)11-15-18-16(19-22-15)14-8-9-14/h3-7,14,21H,8-12H2,1-2H3. The largest absolute Gasteiger partial charge is 0.389 e. The normalized spacial score (nSPS) is 15.5. The molecule has 1 aliphatic rings. The molecule has 1 aliphatic carbocycles. The maximum Gasteiger partial charge on any atom is 0.240 e. The Morgan fingerprint density at radius 1 is 1.23 bits per heavy atom. The maximum absolute atomic E-state index is 10.1. The van der Waals surface area contributed by atoms with E-state index in [1.165, 1.54) is 5.56 Å². The number of benzene rings is 1. The van der Waals surface area contributed by atoms with Crippen LogP contribution in [0, 0.1) is 0 Å². The smallest absolute Gasteiger partial charge is 0.240 e. The van der Waals surface area contributed by atoms with Crippen LogP contribution in [0.3, 0.4) is 0 Å². The number of nitrogens with zero attached hydrogens (tertiary/aromatic N) is 3. The first-order chi connectivity index (χ1) is 10.5. The fourth-order valence-corrected chi connectivity index (χ4v) is 2.59. The summed E-state index contributed by atoms with van der Waals surface area (Å²) in [6.45, 7) is 5.47. The monoisotopic (exact) mass is 301 g/mol. The van der Waals surface area contributed by atoms with Gasteiger partial charge in [0, 0.05) is 19.0 Å². The number of hydrogen-bond acceptors (Lipinski definition) is 5. The quantitative estimate of drug-likeness (QED) is 0.852. The highest BCUT2D eigenvalue weighted by molar-refractivity contribution is 5.14. The highest BCUT2D eigenvalue weighted by Gasteiger charge is 2.29. The summed E-state index contributed by atoms with van der Waals surface area (Å²) in [5.41, 5.74) is 0.433. The first-order valence-electron chi connectivity index (χ1n) is 7.81. The van der Waals surface area contributed by atoms with E-state index in [4.69, 9.17) is 4.52 Å². The molecule has 22 heavy (non-hydrogen) atoms. The van der Waals surface area contributed by atoms with Crippen LogP contribution in [0.2, 0.25) is 0 Å². The van der Waals surface area contributed by atoms with Gasteiger partial charge in [-0.1, -0.05) is 35.5 Å². The molecule has 0 unspecified atom stereocenters. The zero-order valence-corrected chi connectivity index (χ0v) is 13.2. The second-order valence-corrected chi connectivity index (χ2v) is 6.76. The van der Waals surface area contributed by atoms with E-state index in [1.807, 2.05) is 32.0 Å². The molecule has 5 heteroatoms. The minimum atomic E-state index is -0.770. The lowest BCUT2D eigenvalue weighted by molar-refractivity contribution is 0.0273. The molecule has 1 saturated carbocycles. The predicted molar refractivity (Wildman–Crippen MR) is 83.1 cm³/mol. The van der Waals surface area contributed by atoms with Gasteiger partial charge in [0.2, 0.25) is 5.89 Å². The summed E-state index contributed by atoms with van der Waals surface area (Å²) < 4.78 is 5.36. The molecule has 1 N–H and O–H groups in total. The molecule has 5 nitrogen and oxygen atoms in total. The fraction of sp³-hybridized carbons (Fsp3) is 0.529. The summed E-state index contributed by atoms with van der Waals surface area (Å²) >= 11 is 0. The zero-order chi connectivity index (χ0) is 15.6. The Morgan fingerprint density at radius 2 is 1.95 bits per heavy atom. The molecule has 2 aromatic rings. The van der Waals surface area contributed by atoms with Crippen LogP contribution in [0.25, 0.3) is 0 Å².